The van der Waals surface area contributed by atoms with Crippen molar-refractivity contribution in [3.05, 3.63) is 0 Å². The van der Waals surface area contributed by atoms with Gasteiger partial charge in [-0.25, -0.2) is 0 Å². The van der Waals surface area contributed by atoms with Crippen LogP contribution in [0.2, 0.25) is 0 Å². The minimum absolute atomic E-state index is 0. The first-order valence-electron chi connectivity index (χ1n) is 8.30. The molecule has 0 aromatic heterocycles. The SMILES string of the molecule is O=C([O-])C(CCCCNC(=O)C(F)(F)C(F)(F)C(F)(F)F)NC(=O)C(F)(F)C(F)(F)C(F)(F)F.[Na+]. The summed E-state index contributed by atoms with van der Waals surface area (Å²) in [6.45, 7) is -1.14. The third-order valence-electron chi connectivity index (χ3n) is 3.87. The number of carbonyl (C=O) groups is 3. The van der Waals surface area contributed by atoms with Gasteiger partial charge in [0.1, 0.15) is 0 Å². The number of amides is 2. The third-order valence-corrected chi connectivity index (χ3v) is 3.87. The Morgan fingerprint density at radius 2 is 1.03 bits per heavy atom. The van der Waals surface area contributed by atoms with Crippen molar-refractivity contribution in [1.82, 2.24) is 10.6 Å². The largest absolute Gasteiger partial charge is 1.00 e. The number of aliphatic carboxylic acids is 1. The Hall–Kier alpha value is -1.57. The Balaban J connectivity index is 0. The van der Waals surface area contributed by atoms with Gasteiger partial charge in [-0.2, -0.15) is 61.5 Å². The first-order valence-corrected chi connectivity index (χ1v) is 8.30. The zero-order valence-corrected chi connectivity index (χ0v) is 18.8. The molecule has 2 N–H and O–H groups in total. The molecule has 0 rings (SSSR count). The molecule has 0 aliphatic rings. The zero-order chi connectivity index (χ0) is 27.6. The van der Waals surface area contributed by atoms with E-state index in [9.17, 15) is 81.0 Å². The molecule has 35 heavy (non-hydrogen) atoms. The van der Waals surface area contributed by atoms with Crippen LogP contribution in [0.4, 0.5) is 61.5 Å². The molecule has 0 spiro atoms. The maximum Gasteiger partial charge on any atom is 1.00 e. The monoisotopic (exact) mass is 560 g/mol. The molecule has 0 radical (unpaired) electrons. The molecule has 0 aromatic carbocycles. The quantitative estimate of drug-likeness (QED) is 0.196. The van der Waals surface area contributed by atoms with Crippen molar-refractivity contribution in [3.63, 3.8) is 0 Å². The molecule has 200 valence electrons. The van der Waals surface area contributed by atoms with Gasteiger partial charge in [-0.1, -0.05) is 0 Å². The van der Waals surface area contributed by atoms with E-state index in [-0.39, 0.29) is 29.6 Å². The summed E-state index contributed by atoms with van der Waals surface area (Å²) in [7, 11) is 0. The number of carbonyl (C=O) groups excluding carboxylic acids is 3. The molecule has 0 saturated heterocycles. The molecular formula is C14H11F14N2NaO4. The molecule has 1 atom stereocenters. The average molecular weight is 560 g/mol. The van der Waals surface area contributed by atoms with Gasteiger partial charge in [0.2, 0.25) is 0 Å². The van der Waals surface area contributed by atoms with E-state index >= 15 is 0 Å². The van der Waals surface area contributed by atoms with E-state index in [0.717, 1.165) is 5.32 Å². The van der Waals surface area contributed by atoms with Crippen molar-refractivity contribution < 1.29 is 111 Å². The van der Waals surface area contributed by atoms with E-state index in [1.165, 1.54) is 0 Å². The van der Waals surface area contributed by atoms with Gasteiger partial charge in [-0.3, -0.25) is 9.59 Å². The van der Waals surface area contributed by atoms with Gasteiger partial charge in [0.25, 0.3) is 11.8 Å². The average Bonchev–Trinajstić information content (AvgIpc) is 2.63. The maximum atomic E-state index is 13.2. The normalized spacial score (nSPS) is 14.6. The second-order valence-corrected chi connectivity index (χ2v) is 6.39. The number of hydrogen-bond donors (Lipinski definition) is 2. The fraction of sp³-hybridized carbons (Fsp3) is 0.786. The van der Waals surface area contributed by atoms with Crippen LogP contribution in [0, 0.1) is 0 Å². The standard InChI is InChI=1S/C14H12F14N2O4.Na/c15-9(16,11(19,20)13(23,24)25)7(33)29-4-2-1-3-5(6(31)32)30-8(34)10(17,18)12(21,22)14(26,27)28;/h5H,1-4H2,(H,29,33)(H,30,34)(H,31,32);/q;+1/p-1. The topological polar surface area (TPSA) is 98.3 Å². The van der Waals surface area contributed by atoms with Crippen LogP contribution in [0.5, 0.6) is 0 Å². The second kappa shape index (κ2) is 11.7. The molecule has 6 nitrogen and oxygen atoms in total. The number of carboxylic acid groups (broad SMARTS) is 1. The molecule has 0 fully saturated rings. The van der Waals surface area contributed by atoms with E-state index in [0.29, 0.717) is 5.32 Å². The van der Waals surface area contributed by atoms with Gasteiger partial charge in [0.15, 0.2) is 0 Å². The maximum absolute atomic E-state index is 13.2. The van der Waals surface area contributed by atoms with Crippen LogP contribution in [0.25, 0.3) is 0 Å². The molecule has 0 aliphatic heterocycles. The molecule has 1 unspecified atom stereocenters. The summed E-state index contributed by atoms with van der Waals surface area (Å²) in [5, 5.41) is 12.4. The van der Waals surface area contributed by atoms with Crippen LogP contribution in [0.15, 0.2) is 0 Å². The van der Waals surface area contributed by atoms with Crippen molar-refractivity contribution in [2.75, 3.05) is 6.54 Å². The summed E-state index contributed by atoms with van der Waals surface area (Å²) in [6.07, 6.45) is -16.4. The van der Waals surface area contributed by atoms with Gasteiger partial charge in [0.05, 0.1) is 12.0 Å². The first kappa shape index (κ1) is 35.6. The molecule has 0 aromatic rings. The van der Waals surface area contributed by atoms with Crippen molar-refractivity contribution in [1.29, 1.82) is 0 Å². The number of carboxylic acids is 1. The van der Waals surface area contributed by atoms with Gasteiger partial charge in [-0.05, 0) is 19.3 Å². The molecule has 2 amide bonds. The molecule has 0 saturated carbocycles. The van der Waals surface area contributed by atoms with Crippen LogP contribution in [0.3, 0.4) is 0 Å². The predicted molar refractivity (Wildman–Crippen MR) is 75.7 cm³/mol. The first-order chi connectivity index (χ1) is 14.9. The smallest absolute Gasteiger partial charge is 0.548 e. The summed E-state index contributed by atoms with van der Waals surface area (Å²) < 4.78 is 175. The minimum atomic E-state index is -6.92. The summed E-state index contributed by atoms with van der Waals surface area (Å²) in [4.78, 5) is 32.8. The van der Waals surface area contributed by atoms with Gasteiger partial charge < -0.3 is 20.5 Å². The Morgan fingerprint density at radius 1 is 0.657 bits per heavy atom. The molecule has 21 heteroatoms. The molecule has 0 heterocycles. The van der Waals surface area contributed by atoms with Crippen molar-refractivity contribution in [3.8, 4) is 0 Å². The summed E-state index contributed by atoms with van der Waals surface area (Å²) in [5.41, 5.74) is 0. The molecular weight excluding hydrogens is 549 g/mol. The fourth-order valence-electron chi connectivity index (χ4n) is 1.93. The van der Waals surface area contributed by atoms with Gasteiger partial charge in [0, 0.05) is 6.54 Å². The van der Waals surface area contributed by atoms with E-state index < -0.39 is 85.7 Å². The van der Waals surface area contributed by atoms with Crippen molar-refractivity contribution in [2.24, 2.45) is 0 Å². The number of hydrogen-bond acceptors (Lipinski definition) is 4. The fourth-order valence-corrected chi connectivity index (χ4v) is 1.93. The van der Waals surface area contributed by atoms with Crippen LogP contribution >= 0.6 is 0 Å². The van der Waals surface area contributed by atoms with E-state index in [2.05, 4.69) is 0 Å². The summed E-state index contributed by atoms with van der Waals surface area (Å²) in [6, 6.07) is -2.66. The van der Waals surface area contributed by atoms with E-state index in [4.69, 9.17) is 0 Å². The van der Waals surface area contributed by atoms with Crippen LogP contribution in [-0.4, -0.2) is 66.4 Å². The number of rotatable bonds is 11. The van der Waals surface area contributed by atoms with E-state index in [1.54, 1.807) is 0 Å². The Labute approximate surface area is 207 Å². The van der Waals surface area contributed by atoms with Gasteiger partial charge >= 0.3 is 65.6 Å². The van der Waals surface area contributed by atoms with Crippen LogP contribution in [0.1, 0.15) is 19.3 Å². The third kappa shape index (κ3) is 7.70. The number of halogens is 14. The number of nitrogens with one attached hydrogen (secondary N) is 2. The van der Waals surface area contributed by atoms with Crippen LogP contribution in [-0.2, 0) is 14.4 Å². The van der Waals surface area contributed by atoms with Crippen molar-refractivity contribution >= 4 is 17.8 Å². The zero-order valence-electron chi connectivity index (χ0n) is 16.8. The molecule has 0 bridgehead atoms. The Morgan fingerprint density at radius 3 is 1.37 bits per heavy atom. The Kier molecular flexibility index (Phi) is 11.9. The van der Waals surface area contributed by atoms with Crippen LogP contribution < -0.4 is 45.3 Å². The second-order valence-electron chi connectivity index (χ2n) is 6.39. The Bertz CT molecular complexity index is 769. The summed E-state index contributed by atoms with van der Waals surface area (Å²) in [5.74, 6) is -35.4. The van der Waals surface area contributed by atoms with E-state index in [1.807, 2.05) is 0 Å². The predicted octanol–water partition coefficient (Wildman–Crippen LogP) is -0.823. The minimum Gasteiger partial charge on any atom is -0.548 e. The van der Waals surface area contributed by atoms with Crippen molar-refractivity contribution in [2.45, 2.75) is 61.3 Å². The summed E-state index contributed by atoms with van der Waals surface area (Å²) >= 11 is 0. The number of unbranched alkanes of at least 4 members (excludes halogenated alkanes) is 1. The van der Waals surface area contributed by atoms with Gasteiger partial charge in [-0.15, -0.1) is 0 Å². The number of alkyl halides is 14. The molecule has 0 aliphatic carbocycles.